The predicted molar refractivity (Wildman–Crippen MR) is 101 cm³/mol. The van der Waals surface area contributed by atoms with E-state index < -0.39 is 11.7 Å². The molecule has 0 N–H and O–H groups in total. The molecule has 3 heteroatoms. The average Bonchev–Trinajstić information content (AvgIpc) is 2.52. The van der Waals surface area contributed by atoms with Crippen LogP contribution in [0.4, 0.5) is 10.5 Å². The fraction of sp³-hybridized carbons (Fsp3) is 0.571. The molecule has 0 saturated heterocycles. The summed E-state index contributed by atoms with van der Waals surface area (Å²) in [6.07, 6.45) is 7.80. The van der Waals surface area contributed by atoms with E-state index in [0.29, 0.717) is 0 Å². The summed E-state index contributed by atoms with van der Waals surface area (Å²) in [5.41, 5.74) is 0.202. The number of carbonyl (C=O) groups is 1. The van der Waals surface area contributed by atoms with Crippen molar-refractivity contribution in [1.82, 2.24) is 0 Å². The quantitative estimate of drug-likeness (QED) is 0.341. The van der Waals surface area contributed by atoms with Gasteiger partial charge in [0.15, 0.2) is 0 Å². The zero-order valence-electron chi connectivity index (χ0n) is 15.6. The van der Waals surface area contributed by atoms with Crippen molar-refractivity contribution in [3.63, 3.8) is 0 Å². The van der Waals surface area contributed by atoms with Crippen molar-refractivity contribution in [1.29, 1.82) is 0 Å². The Kier molecular flexibility index (Phi) is 9.01. The van der Waals surface area contributed by atoms with E-state index in [2.05, 4.69) is 18.9 Å². The number of amides is 1. The Labute approximate surface area is 147 Å². The van der Waals surface area contributed by atoms with E-state index in [1.54, 1.807) is 0 Å². The van der Waals surface area contributed by atoms with E-state index in [9.17, 15) is 4.79 Å². The lowest BCUT2D eigenvalue weighted by atomic mass is 10.1. The van der Waals surface area contributed by atoms with Gasteiger partial charge < -0.3 is 4.74 Å². The molecule has 0 fully saturated rings. The van der Waals surface area contributed by atoms with Crippen molar-refractivity contribution >= 4 is 11.8 Å². The summed E-state index contributed by atoms with van der Waals surface area (Å²) in [5.74, 6) is 3.12. The lowest BCUT2D eigenvalue weighted by molar-refractivity contribution is 0.0600. The van der Waals surface area contributed by atoms with Gasteiger partial charge in [0.2, 0.25) is 0 Å². The molecule has 0 aliphatic rings. The number of hydrogen-bond donors (Lipinski definition) is 0. The molecule has 24 heavy (non-hydrogen) atoms. The van der Waals surface area contributed by atoms with Gasteiger partial charge in [-0.2, -0.15) is 0 Å². The van der Waals surface area contributed by atoms with Gasteiger partial charge in [-0.25, -0.2) is 9.69 Å². The van der Waals surface area contributed by atoms with Crippen LogP contribution in [-0.4, -0.2) is 11.7 Å². The summed E-state index contributed by atoms with van der Waals surface area (Å²) in [5, 5.41) is 0. The van der Waals surface area contributed by atoms with Gasteiger partial charge in [-0.3, -0.25) is 0 Å². The van der Waals surface area contributed by atoms with E-state index in [0.717, 1.165) is 18.5 Å². The fourth-order valence-electron chi connectivity index (χ4n) is 2.23. The number of nitrogens with zero attached hydrogens (tertiary/aromatic N) is 1. The topological polar surface area (TPSA) is 29.5 Å². The van der Waals surface area contributed by atoms with E-state index >= 15 is 0 Å². The van der Waals surface area contributed by atoms with Crippen molar-refractivity contribution in [3.05, 3.63) is 30.3 Å². The van der Waals surface area contributed by atoms with Gasteiger partial charge >= 0.3 is 6.09 Å². The molecule has 0 saturated carbocycles. The van der Waals surface area contributed by atoms with Gasteiger partial charge in [0, 0.05) is 12.5 Å². The molecule has 3 nitrogen and oxygen atoms in total. The summed E-state index contributed by atoms with van der Waals surface area (Å²) >= 11 is 0. The van der Waals surface area contributed by atoms with Crippen LogP contribution in [0.1, 0.15) is 72.6 Å². The number of rotatable bonds is 7. The monoisotopic (exact) mass is 329 g/mol. The first-order valence-electron chi connectivity index (χ1n) is 9.00. The highest BCUT2D eigenvalue weighted by Gasteiger charge is 2.22. The molecule has 1 aromatic rings. The van der Waals surface area contributed by atoms with Crippen LogP contribution in [0, 0.1) is 12.0 Å². The Bertz CT molecular complexity index is 534. The molecular weight excluding hydrogens is 298 g/mol. The molecule has 1 amide bonds. The van der Waals surface area contributed by atoms with Gasteiger partial charge in [0.25, 0.3) is 0 Å². The van der Waals surface area contributed by atoms with Gasteiger partial charge in [0.05, 0.1) is 5.69 Å². The first-order valence-corrected chi connectivity index (χ1v) is 9.00. The summed E-state index contributed by atoms with van der Waals surface area (Å²) in [7, 11) is 0. The Morgan fingerprint density at radius 2 is 1.67 bits per heavy atom. The predicted octanol–water partition coefficient (Wildman–Crippen LogP) is 6.14. The average molecular weight is 329 g/mol. The number of benzene rings is 1. The summed E-state index contributed by atoms with van der Waals surface area (Å²) in [6, 6.07) is 12.4. The molecule has 0 unspecified atom stereocenters. The molecule has 0 aliphatic carbocycles. The maximum Gasteiger partial charge on any atom is 0.426 e. The van der Waals surface area contributed by atoms with Crippen LogP contribution in [0.5, 0.6) is 0 Å². The Morgan fingerprint density at radius 1 is 1.04 bits per heavy atom. The molecule has 0 aliphatic heterocycles. The number of para-hydroxylation sites is 1. The Balaban J connectivity index is 2.61. The third-order valence-electron chi connectivity index (χ3n) is 3.44. The van der Waals surface area contributed by atoms with Crippen molar-refractivity contribution in [2.45, 2.75) is 78.2 Å². The smallest absolute Gasteiger partial charge is 0.426 e. The Hall–Kier alpha value is -1.95. The summed E-state index contributed by atoms with van der Waals surface area (Å²) in [6.45, 7) is 7.80. The van der Waals surface area contributed by atoms with Crippen molar-refractivity contribution in [2.24, 2.45) is 0 Å². The van der Waals surface area contributed by atoms with E-state index in [1.807, 2.05) is 51.1 Å². The Morgan fingerprint density at radius 3 is 2.29 bits per heavy atom. The number of ether oxygens (including phenoxy) is 1. The van der Waals surface area contributed by atoms with Gasteiger partial charge in [-0.05, 0) is 39.3 Å². The number of anilines is 1. The molecule has 0 bridgehead atoms. The summed E-state index contributed by atoms with van der Waals surface area (Å²) < 4.78 is 5.46. The molecule has 0 spiro atoms. The minimum absolute atomic E-state index is 0.427. The highest BCUT2D eigenvalue weighted by atomic mass is 16.6. The maximum atomic E-state index is 12.4. The van der Waals surface area contributed by atoms with Crippen LogP contribution in [0.25, 0.3) is 0 Å². The zero-order valence-corrected chi connectivity index (χ0v) is 15.6. The maximum absolute atomic E-state index is 12.4. The highest BCUT2D eigenvalue weighted by molar-refractivity contribution is 5.91. The van der Waals surface area contributed by atoms with E-state index in [-0.39, 0.29) is 0 Å². The lowest BCUT2D eigenvalue weighted by Gasteiger charge is -2.23. The van der Waals surface area contributed by atoms with Crippen LogP contribution >= 0.6 is 0 Å². The second-order valence-corrected chi connectivity index (χ2v) is 6.96. The van der Waals surface area contributed by atoms with Crippen molar-refractivity contribution < 1.29 is 9.53 Å². The molecule has 0 heterocycles. The van der Waals surface area contributed by atoms with E-state index in [4.69, 9.17) is 4.74 Å². The SMILES string of the molecule is CCCCCCCCC#CN(C(=O)OC(C)(C)C)c1ccccc1. The molecule has 1 aromatic carbocycles. The van der Waals surface area contributed by atoms with E-state index in [1.165, 1.54) is 37.0 Å². The molecule has 0 aromatic heterocycles. The molecular formula is C21H31NO2. The molecule has 1 rings (SSSR count). The minimum atomic E-state index is -0.537. The van der Waals surface area contributed by atoms with Crippen LogP contribution in [-0.2, 0) is 4.74 Å². The summed E-state index contributed by atoms with van der Waals surface area (Å²) in [4.78, 5) is 13.8. The van der Waals surface area contributed by atoms with Crippen LogP contribution in [0.3, 0.4) is 0 Å². The van der Waals surface area contributed by atoms with Gasteiger partial charge in [-0.15, -0.1) is 0 Å². The zero-order chi connectivity index (χ0) is 17.8. The third-order valence-corrected chi connectivity index (χ3v) is 3.44. The fourth-order valence-corrected chi connectivity index (χ4v) is 2.23. The second kappa shape index (κ2) is 10.8. The van der Waals surface area contributed by atoms with Crippen LogP contribution in [0.15, 0.2) is 30.3 Å². The first kappa shape index (κ1) is 20.1. The third kappa shape index (κ3) is 8.62. The highest BCUT2D eigenvalue weighted by Crippen LogP contribution is 2.17. The lowest BCUT2D eigenvalue weighted by Crippen LogP contribution is -2.33. The van der Waals surface area contributed by atoms with Gasteiger partial charge in [0.1, 0.15) is 5.60 Å². The number of unbranched alkanes of at least 4 members (excludes halogenated alkanes) is 6. The second-order valence-electron chi connectivity index (χ2n) is 6.96. The van der Waals surface area contributed by atoms with Crippen molar-refractivity contribution in [2.75, 3.05) is 4.90 Å². The molecule has 0 atom stereocenters. The van der Waals surface area contributed by atoms with Crippen LogP contribution in [0.2, 0.25) is 0 Å². The first-order chi connectivity index (χ1) is 11.4. The normalized spacial score (nSPS) is 10.7. The number of hydrogen-bond acceptors (Lipinski definition) is 2. The molecule has 0 radical (unpaired) electrons. The van der Waals surface area contributed by atoms with Crippen molar-refractivity contribution in [3.8, 4) is 12.0 Å². The molecule has 132 valence electrons. The minimum Gasteiger partial charge on any atom is -0.443 e. The number of carbonyl (C=O) groups excluding carboxylic acids is 1. The standard InChI is InChI=1S/C21H31NO2/c1-5-6-7-8-9-10-11-15-18-22(19-16-13-12-14-17-19)20(23)24-21(2,3)4/h12-14,16-17H,5-11H2,1-4H3. The largest absolute Gasteiger partial charge is 0.443 e. The van der Waals surface area contributed by atoms with Gasteiger partial charge in [-0.1, -0.05) is 63.1 Å². The van der Waals surface area contributed by atoms with Crippen LogP contribution < -0.4 is 4.90 Å².